The molecule has 0 atom stereocenters. The number of hydrogen-bond acceptors (Lipinski definition) is 9. The van der Waals surface area contributed by atoms with Crippen LogP contribution in [-0.4, -0.2) is 54.7 Å². The van der Waals surface area contributed by atoms with Crippen LogP contribution in [0, 0.1) is 3.57 Å². The third-order valence-corrected chi connectivity index (χ3v) is 25.2. The van der Waals surface area contributed by atoms with Crippen molar-refractivity contribution in [2.24, 2.45) is 0 Å². The highest BCUT2D eigenvalue weighted by Gasteiger charge is 2.64. The summed E-state index contributed by atoms with van der Waals surface area (Å²) >= 11 is 18.3. The van der Waals surface area contributed by atoms with Crippen molar-refractivity contribution >= 4 is 224 Å². The quantitative estimate of drug-likeness (QED) is 0.130. The summed E-state index contributed by atoms with van der Waals surface area (Å²) in [6, 6.07) is 75.8. The van der Waals surface area contributed by atoms with Gasteiger partial charge in [0.1, 0.15) is 0 Å². The molecule has 3 aromatic heterocycles. The van der Waals surface area contributed by atoms with Gasteiger partial charge in [-0.15, -0.1) is 34.0 Å². The molecule has 474 valence electrons. The summed E-state index contributed by atoms with van der Waals surface area (Å²) in [5.74, 6) is 0. The molecule has 6 heterocycles. The molecule has 17 rings (SSSR count). The molecule has 0 aliphatic carbocycles. The molecule has 0 amide bonds. The van der Waals surface area contributed by atoms with Gasteiger partial charge in [-0.25, -0.2) is 0 Å². The predicted molar refractivity (Wildman–Crippen MR) is 426 cm³/mol. The maximum absolute atomic E-state index is 6.23. The van der Waals surface area contributed by atoms with Crippen molar-refractivity contribution in [3.05, 3.63) is 229 Å². The molecular formula is C78H71B3Br3IO6S3. The summed E-state index contributed by atoms with van der Waals surface area (Å²) in [5, 5.41) is 16.0. The van der Waals surface area contributed by atoms with Crippen LogP contribution in [0.3, 0.4) is 0 Å². The Balaban J connectivity index is 0.000000111. The smallest absolute Gasteiger partial charge is 0.405 e. The second kappa shape index (κ2) is 26.3. The lowest BCUT2D eigenvalue weighted by atomic mass is 9.49. The van der Waals surface area contributed by atoms with E-state index in [0.29, 0.717) is 0 Å². The summed E-state index contributed by atoms with van der Waals surface area (Å²) in [6.07, 6.45) is 0. The minimum absolute atomic E-state index is 0.314. The van der Waals surface area contributed by atoms with E-state index in [2.05, 4.69) is 298 Å². The summed E-state index contributed by atoms with van der Waals surface area (Å²) < 4.78 is 49.1. The third-order valence-electron chi connectivity index (χ3n) is 19.3. The molecule has 16 heteroatoms. The first kappa shape index (κ1) is 67.5. The average Bonchev–Trinajstić information content (AvgIpc) is 1.29. The SMILES string of the molecule is Brc1ccc(-c2ccc3c(c2)sc2c4ccccc4ccc32)cc1.Brc1ccc(I)cc1.Brc1ccc2c(c1)sc1c3ccccc3ccc21.CC1(C)OB(B2OC(C)(C)C(C)(C)O2)OC1(C)C.CC1(C)OB(c2ccc3c(c2)sc2c4ccccc4ccc32)OC1(C)C. The minimum atomic E-state index is -0.476. The Labute approximate surface area is 602 Å². The maximum atomic E-state index is 6.23. The van der Waals surface area contributed by atoms with Crippen LogP contribution in [0.1, 0.15) is 83.1 Å². The van der Waals surface area contributed by atoms with E-state index in [-0.39, 0.29) is 40.7 Å². The second-order valence-electron chi connectivity index (χ2n) is 27.2. The van der Waals surface area contributed by atoms with Crippen LogP contribution in [0.4, 0.5) is 0 Å². The van der Waals surface area contributed by atoms with E-state index in [1.165, 1.54) is 108 Å². The van der Waals surface area contributed by atoms with Crippen molar-refractivity contribution in [3.8, 4) is 11.1 Å². The number of thiophene rings is 3. The summed E-state index contributed by atoms with van der Waals surface area (Å²) in [5.41, 5.74) is 1.54. The fourth-order valence-corrected chi connectivity index (χ4v) is 17.1. The normalized spacial score (nSPS) is 17.3. The van der Waals surface area contributed by atoms with Crippen molar-refractivity contribution in [2.75, 3.05) is 0 Å². The highest BCUT2D eigenvalue weighted by molar-refractivity contribution is 14.1. The molecule has 3 saturated heterocycles. The topological polar surface area (TPSA) is 55.4 Å². The van der Waals surface area contributed by atoms with Gasteiger partial charge in [0.05, 0.1) is 33.6 Å². The monoisotopic (exact) mass is 1600 g/mol. The van der Waals surface area contributed by atoms with Crippen molar-refractivity contribution in [1.29, 1.82) is 0 Å². The van der Waals surface area contributed by atoms with Gasteiger partial charge in [-0.1, -0.05) is 199 Å². The van der Waals surface area contributed by atoms with Crippen LogP contribution >= 0.6 is 104 Å². The van der Waals surface area contributed by atoms with Gasteiger partial charge in [0.2, 0.25) is 0 Å². The number of halogens is 4. The summed E-state index contributed by atoms with van der Waals surface area (Å²) in [6.45, 7) is 24.6. The van der Waals surface area contributed by atoms with Gasteiger partial charge in [-0.05, 0) is 215 Å². The molecule has 0 saturated carbocycles. The first-order chi connectivity index (χ1) is 44.6. The Morgan fingerprint density at radius 3 is 1.03 bits per heavy atom. The van der Waals surface area contributed by atoms with Crippen molar-refractivity contribution in [3.63, 3.8) is 0 Å². The van der Waals surface area contributed by atoms with Gasteiger partial charge in [0.15, 0.2) is 0 Å². The van der Waals surface area contributed by atoms with Crippen LogP contribution in [0.15, 0.2) is 226 Å². The average molecular weight is 1600 g/mol. The zero-order valence-corrected chi connectivity index (χ0v) is 64.0. The van der Waals surface area contributed by atoms with Crippen LogP contribution in [0.5, 0.6) is 0 Å². The van der Waals surface area contributed by atoms with Gasteiger partial charge < -0.3 is 27.9 Å². The number of benzene rings is 11. The van der Waals surface area contributed by atoms with E-state index in [1.54, 1.807) is 0 Å². The van der Waals surface area contributed by atoms with Crippen molar-refractivity contribution < 1.29 is 27.9 Å². The number of fused-ring (bicyclic) bond motifs is 15. The molecular weight excluding hydrogens is 1530 g/mol. The van der Waals surface area contributed by atoms with Gasteiger partial charge in [-0.3, -0.25) is 0 Å². The Bertz CT molecular complexity index is 5060. The third kappa shape index (κ3) is 13.4. The lowest BCUT2D eigenvalue weighted by Gasteiger charge is -2.32. The highest BCUT2D eigenvalue weighted by atomic mass is 127. The van der Waals surface area contributed by atoms with E-state index in [0.717, 1.165) is 18.9 Å². The largest absolute Gasteiger partial charge is 0.494 e. The predicted octanol–water partition coefficient (Wildman–Crippen LogP) is 24.4. The van der Waals surface area contributed by atoms with Crippen LogP contribution < -0.4 is 5.46 Å². The highest BCUT2D eigenvalue weighted by Crippen LogP contribution is 2.46. The van der Waals surface area contributed by atoms with Gasteiger partial charge in [0, 0.05) is 77.5 Å². The minimum Gasteiger partial charge on any atom is -0.405 e. The van der Waals surface area contributed by atoms with Gasteiger partial charge in [0.25, 0.3) is 0 Å². The molecule has 0 radical (unpaired) electrons. The molecule has 3 aliphatic rings. The van der Waals surface area contributed by atoms with Crippen molar-refractivity contribution in [1.82, 2.24) is 0 Å². The maximum Gasteiger partial charge on any atom is 0.494 e. The molecule has 3 fully saturated rings. The lowest BCUT2D eigenvalue weighted by Crippen LogP contribution is -2.41. The number of rotatable bonds is 3. The second-order valence-corrected chi connectivity index (χ2v) is 34.3. The van der Waals surface area contributed by atoms with E-state index >= 15 is 0 Å². The molecule has 6 nitrogen and oxygen atoms in total. The van der Waals surface area contributed by atoms with E-state index in [9.17, 15) is 0 Å². The van der Waals surface area contributed by atoms with E-state index in [4.69, 9.17) is 27.9 Å². The molecule has 0 spiro atoms. The molecule has 14 aromatic rings. The van der Waals surface area contributed by atoms with E-state index in [1.807, 2.05) is 102 Å². The van der Waals surface area contributed by atoms with E-state index < -0.39 is 14.0 Å². The Morgan fingerprint density at radius 2 is 0.617 bits per heavy atom. The Kier molecular flexibility index (Phi) is 18.9. The van der Waals surface area contributed by atoms with Crippen molar-refractivity contribution in [2.45, 2.75) is 117 Å². The van der Waals surface area contributed by atoms with Gasteiger partial charge >= 0.3 is 21.1 Å². The summed E-state index contributed by atoms with van der Waals surface area (Å²) in [7, 11) is -1.27. The fourth-order valence-electron chi connectivity index (χ4n) is 11.9. The first-order valence-corrected chi connectivity index (χ1v) is 37.5. The zero-order valence-electron chi connectivity index (χ0n) is 54.6. The fraction of sp³-hybridized carbons (Fsp3) is 0.231. The number of hydrogen-bond donors (Lipinski definition) is 0. The molecule has 0 N–H and O–H groups in total. The lowest BCUT2D eigenvalue weighted by molar-refractivity contribution is 0.00578. The Hall–Kier alpha value is -5.02. The molecule has 11 aromatic carbocycles. The first-order valence-electron chi connectivity index (χ1n) is 31.6. The standard InChI is InChI=1S/C22H21BO2S.C22H13BrS.C16H9BrS.C12H24B2O4.C6H4BrI/c1-21(2)22(3,4)25-23(24-21)15-10-12-17-18-11-9-14-7-5-6-8-16(14)20(18)26-19(17)13-15;23-17-9-5-14(6-10-17)16-8-11-19-20-12-7-15-3-1-2-4-18(15)22(20)24-21(19)13-16;17-11-6-8-13-14-7-5-10-3-1-2-4-12(10)16(14)18-15(13)9-11;1-9(2)10(3,4)16-13(15-9)14-17-11(5,6)12(7,8)18-14;7-5-1-3-6(8)4-2-5/h5-13H,1-4H3;1-13H;1-9H;1-8H3;1-4H. The molecule has 0 bridgehead atoms. The molecule has 94 heavy (non-hydrogen) atoms. The van der Waals surface area contributed by atoms with Gasteiger partial charge in [-0.2, -0.15) is 0 Å². The molecule has 3 aliphatic heterocycles. The van der Waals surface area contributed by atoms with Crippen LogP contribution in [0.25, 0.3) is 104 Å². The van der Waals surface area contributed by atoms with Crippen LogP contribution in [0.2, 0.25) is 0 Å². The Morgan fingerprint density at radius 1 is 0.298 bits per heavy atom. The molecule has 0 unspecified atom stereocenters. The zero-order chi connectivity index (χ0) is 66.3. The van der Waals surface area contributed by atoms with Crippen LogP contribution in [-0.2, 0) is 27.9 Å². The summed E-state index contributed by atoms with van der Waals surface area (Å²) in [4.78, 5) is 0.